The summed E-state index contributed by atoms with van der Waals surface area (Å²) in [5, 5.41) is 3.93. The summed E-state index contributed by atoms with van der Waals surface area (Å²) in [6, 6.07) is 15.0. The lowest BCUT2D eigenvalue weighted by atomic mass is 10.0. The summed E-state index contributed by atoms with van der Waals surface area (Å²) >= 11 is 5.95. The number of hydrogen-bond donors (Lipinski definition) is 1. The minimum atomic E-state index is -0.396. The second-order valence-corrected chi connectivity index (χ2v) is 6.20. The molecule has 1 N–H and O–H groups in total. The molecule has 26 heavy (non-hydrogen) atoms. The summed E-state index contributed by atoms with van der Waals surface area (Å²) in [6.45, 7) is 0.559. The van der Waals surface area contributed by atoms with Crippen molar-refractivity contribution < 1.29 is 14.3 Å². The molecule has 0 spiro atoms. The van der Waals surface area contributed by atoms with Crippen LogP contribution in [-0.2, 0) is 0 Å². The predicted octanol–water partition coefficient (Wildman–Crippen LogP) is 4.55. The highest BCUT2D eigenvalue weighted by molar-refractivity contribution is 6.30. The van der Waals surface area contributed by atoms with Gasteiger partial charge in [-0.2, -0.15) is 0 Å². The lowest BCUT2D eigenvalue weighted by Crippen LogP contribution is -2.25. The summed E-state index contributed by atoms with van der Waals surface area (Å²) in [6.07, 6.45) is 0.396. The summed E-state index contributed by atoms with van der Waals surface area (Å²) < 4.78 is 11.0. The number of rotatable bonds is 7. The molecule has 0 fully saturated rings. The Morgan fingerprint density at radius 1 is 1.15 bits per heavy atom. The molecule has 0 aliphatic heterocycles. The minimum absolute atomic E-state index is 0. The molecule has 142 valence electrons. The first-order chi connectivity index (χ1) is 12.0. The van der Waals surface area contributed by atoms with Crippen LogP contribution in [-0.4, -0.2) is 38.7 Å². The van der Waals surface area contributed by atoms with Gasteiger partial charge < -0.3 is 19.7 Å². The minimum Gasteiger partial charge on any atom is -0.493 e. The first-order valence-electron chi connectivity index (χ1n) is 8.04. The van der Waals surface area contributed by atoms with Crippen LogP contribution >= 0.6 is 24.0 Å². The molecule has 1 amide bonds. The molecule has 0 bridgehead atoms. The van der Waals surface area contributed by atoms with Crippen molar-refractivity contribution in [2.45, 2.75) is 12.5 Å². The molecule has 0 heterocycles. The molecule has 2 rings (SSSR count). The Labute approximate surface area is 165 Å². The fourth-order valence-corrected chi connectivity index (χ4v) is 2.47. The van der Waals surface area contributed by atoms with Gasteiger partial charge in [-0.05, 0) is 42.9 Å². The zero-order valence-electron chi connectivity index (χ0n) is 15.1. The maximum atomic E-state index is 11.6. The van der Waals surface area contributed by atoms with Crippen LogP contribution in [0, 0.1) is 0 Å². The van der Waals surface area contributed by atoms with E-state index in [9.17, 15) is 4.79 Å². The van der Waals surface area contributed by atoms with Crippen LogP contribution in [0.3, 0.4) is 0 Å². The van der Waals surface area contributed by atoms with Gasteiger partial charge in [0, 0.05) is 31.6 Å². The van der Waals surface area contributed by atoms with E-state index in [1.54, 1.807) is 32.3 Å². The Bertz CT molecular complexity index is 693. The van der Waals surface area contributed by atoms with Gasteiger partial charge in [-0.3, -0.25) is 0 Å². The van der Waals surface area contributed by atoms with Crippen LogP contribution in [0.5, 0.6) is 11.5 Å². The number of amides is 1. The zero-order chi connectivity index (χ0) is 18.2. The van der Waals surface area contributed by atoms with Crippen LogP contribution in [0.1, 0.15) is 18.0 Å². The monoisotopic (exact) mass is 398 g/mol. The maximum absolute atomic E-state index is 11.6. The van der Waals surface area contributed by atoms with Gasteiger partial charge in [0.2, 0.25) is 0 Å². The Morgan fingerprint density at radius 2 is 1.85 bits per heavy atom. The molecular weight excluding hydrogens is 375 g/mol. The highest BCUT2D eigenvalue weighted by Crippen LogP contribution is 2.22. The highest BCUT2D eigenvalue weighted by atomic mass is 35.5. The fraction of sp³-hybridized carbons (Fsp3) is 0.316. The number of benzene rings is 2. The van der Waals surface area contributed by atoms with Crippen LogP contribution in [0.4, 0.5) is 4.79 Å². The lowest BCUT2D eigenvalue weighted by molar-refractivity contribution is 0.172. The smallest absolute Gasteiger partial charge is 0.414 e. The number of halogens is 2. The molecule has 0 saturated carbocycles. The van der Waals surface area contributed by atoms with Gasteiger partial charge in [0.15, 0.2) is 0 Å². The van der Waals surface area contributed by atoms with Crippen LogP contribution in [0.25, 0.3) is 0 Å². The predicted molar refractivity (Wildman–Crippen MR) is 107 cm³/mol. The van der Waals surface area contributed by atoms with E-state index in [0.29, 0.717) is 17.4 Å². The van der Waals surface area contributed by atoms with Crippen LogP contribution in [0.2, 0.25) is 5.02 Å². The summed E-state index contributed by atoms with van der Waals surface area (Å²) in [4.78, 5) is 12.9. The van der Waals surface area contributed by atoms with Crippen molar-refractivity contribution in [3.63, 3.8) is 0 Å². The van der Waals surface area contributed by atoms with Gasteiger partial charge in [-0.25, -0.2) is 4.79 Å². The molecule has 0 unspecified atom stereocenters. The molecule has 0 aromatic heterocycles. The van der Waals surface area contributed by atoms with E-state index in [1.165, 1.54) is 4.90 Å². The molecule has 2 aromatic carbocycles. The van der Waals surface area contributed by atoms with E-state index in [2.05, 4.69) is 5.32 Å². The van der Waals surface area contributed by atoms with E-state index in [4.69, 9.17) is 21.1 Å². The molecular formula is C19H24Cl2N2O3. The molecule has 2 aromatic rings. The van der Waals surface area contributed by atoms with E-state index in [0.717, 1.165) is 17.7 Å². The molecule has 0 aliphatic rings. The number of nitrogens with one attached hydrogen (secondary N) is 1. The number of ether oxygens (including phenoxy) is 2. The topological polar surface area (TPSA) is 50.8 Å². The van der Waals surface area contributed by atoms with E-state index < -0.39 is 6.09 Å². The van der Waals surface area contributed by atoms with Gasteiger partial charge >= 0.3 is 6.09 Å². The van der Waals surface area contributed by atoms with Crippen molar-refractivity contribution in [3.05, 3.63) is 59.1 Å². The lowest BCUT2D eigenvalue weighted by Gasteiger charge is -2.18. The van der Waals surface area contributed by atoms with E-state index in [1.807, 2.05) is 37.4 Å². The van der Waals surface area contributed by atoms with Crippen molar-refractivity contribution in [1.82, 2.24) is 10.2 Å². The molecule has 1 atom stereocenters. The average Bonchev–Trinajstić information content (AvgIpc) is 2.59. The van der Waals surface area contributed by atoms with Gasteiger partial charge in [0.1, 0.15) is 11.5 Å². The second kappa shape index (κ2) is 10.9. The van der Waals surface area contributed by atoms with Gasteiger partial charge in [-0.15, -0.1) is 12.4 Å². The first-order valence-corrected chi connectivity index (χ1v) is 8.42. The average molecular weight is 399 g/mol. The van der Waals surface area contributed by atoms with Gasteiger partial charge in [0.25, 0.3) is 0 Å². The van der Waals surface area contributed by atoms with Crippen molar-refractivity contribution in [3.8, 4) is 11.5 Å². The number of carbonyl (C=O) groups excluding carboxylic acids is 1. The molecule has 0 saturated heterocycles. The molecule has 0 radical (unpaired) electrons. The number of hydrogen-bond acceptors (Lipinski definition) is 4. The Morgan fingerprint density at radius 3 is 2.42 bits per heavy atom. The highest BCUT2D eigenvalue weighted by Gasteiger charge is 2.11. The van der Waals surface area contributed by atoms with Gasteiger partial charge in [-0.1, -0.05) is 29.8 Å². The zero-order valence-corrected chi connectivity index (χ0v) is 16.6. The SMILES string of the molecule is CN[C@H](CCOc1cccc(Cl)c1)c1ccc(OC(=O)N(C)C)cc1.Cl. The first kappa shape index (κ1) is 22.1. The Balaban J connectivity index is 0.00000338. The van der Waals surface area contributed by atoms with Crippen LogP contribution < -0.4 is 14.8 Å². The molecule has 5 nitrogen and oxygen atoms in total. The molecule has 7 heteroatoms. The number of carbonyl (C=O) groups is 1. The Kier molecular flexibility index (Phi) is 9.27. The summed E-state index contributed by atoms with van der Waals surface area (Å²) in [5.74, 6) is 1.28. The third kappa shape index (κ3) is 6.75. The van der Waals surface area contributed by atoms with Gasteiger partial charge in [0.05, 0.1) is 6.61 Å². The Hall–Kier alpha value is -1.95. The molecule has 0 aliphatic carbocycles. The quantitative estimate of drug-likeness (QED) is 0.742. The van der Waals surface area contributed by atoms with Crippen LogP contribution in [0.15, 0.2) is 48.5 Å². The fourth-order valence-electron chi connectivity index (χ4n) is 2.29. The summed E-state index contributed by atoms with van der Waals surface area (Å²) in [5.41, 5.74) is 1.10. The third-order valence-corrected chi connectivity index (χ3v) is 3.91. The van der Waals surface area contributed by atoms with Crippen molar-refractivity contribution in [2.75, 3.05) is 27.7 Å². The number of nitrogens with zero attached hydrogens (tertiary/aromatic N) is 1. The normalized spacial score (nSPS) is 11.2. The second-order valence-electron chi connectivity index (χ2n) is 5.77. The maximum Gasteiger partial charge on any atom is 0.414 e. The summed E-state index contributed by atoms with van der Waals surface area (Å²) in [7, 11) is 5.20. The largest absolute Gasteiger partial charge is 0.493 e. The third-order valence-electron chi connectivity index (χ3n) is 3.67. The van der Waals surface area contributed by atoms with Crippen molar-refractivity contribution in [2.24, 2.45) is 0 Å². The van der Waals surface area contributed by atoms with Crippen molar-refractivity contribution >= 4 is 30.1 Å². The van der Waals surface area contributed by atoms with E-state index in [-0.39, 0.29) is 18.4 Å². The van der Waals surface area contributed by atoms with Crippen molar-refractivity contribution in [1.29, 1.82) is 0 Å². The standard InChI is InChI=1S/C19H23ClN2O3.ClH/c1-21-18(11-12-24-17-6-4-5-15(20)13-17)14-7-9-16(10-8-14)25-19(23)22(2)3;/h4-10,13,18,21H,11-12H2,1-3H3;1H/t18-;/m1./s1. The van der Waals surface area contributed by atoms with E-state index >= 15 is 0 Å².